The van der Waals surface area contributed by atoms with Crippen LogP contribution in [0.3, 0.4) is 0 Å². The minimum atomic E-state index is -1.36. The largest absolute Gasteiger partial charge is 0.480 e. The smallest absolute Gasteiger partial charge is 0.329 e. The molecule has 0 fully saturated rings. The number of carboxylic acids is 1. The van der Waals surface area contributed by atoms with E-state index in [-0.39, 0.29) is 5.92 Å². The Hall–Kier alpha value is -1.79. The van der Waals surface area contributed by atoms with Gasteiger partial charge in [0.2, 0.25) is 5.91 Å². The molecule has 2 atom stereocenters. The summed E-state index contributed by atoms with van der Waals surface area (Å²) in [6.07, 6.45) is 0.651. The van der Waals surface area contributed by atoms with Crippen LogP contribution in [0.5, 0.6) is 0 Å². The molecule has 0 aliphatic carbocycles. The summed E-state index contributed by atoms with van der Waals surface area (Å²) in [6, 6.07) is -1.63. The minimum absolute atomic E-state index is 0.146. The van der Waals surface area contributed by atoms with Crippen LogP contribution in [0.2, 0.25) is 0 Å². The Balaban J connectivity index is 5.19. The molecule has 0 heterocycles. The maximum atomic E-state index is 12.3. The third-order valence-corrected chi connectivity index (χ3v) is 3.47. The molecule has 0 radical (unpaired) electrons. The lowest BCUT2D eigenvalue weighted by molar-refractivity contribution is -0.156. The zero-order valence-electron chi connectivity index (χ0n) is 12.1. The first-order valence-corrected chi connectivity index (χ1v) is 6.12. The van der Waals surface area contributed by atoms with Crippen LogP contribution in [0.25, 0.3) is 0 Å². The first-order valence-electron chi connectivity index (χ1n) is 6.12. The van der Waals surface area contributed by atoms with Crippen LogP contribution in [0.4, 0.5) is 4.79 Å². The molecule has 0 aromatic rings. The number of urea groups is 1. The van der Waals surface area contributed by atoms with Crippen molar-refractivity contribution in [2.24, 2.45) is 11.7 Å². The monoisotopic (exact) mass is 273 g/mol. The van der Waals surface area contributed by atoms with Crippen LogP contribution < -0.4 is 11.1 Å². The van der Waals surface area contributed by atoms with E-state index < -0.39 is 29.5 Å². The Labute approximate surface area is 113 Å². The Morgan fingerprint density at radius 1 is 1.37 bits per heavy atom. The highest BCUT2D eigenvalue weighted by Crippen LogP contribution is 2.17. The van der Waals surface area contributed by atoms with Gasteiger partial charge in [-0.2, -0.15) is 0 Å². The molecular weight excluding hydrogens is 250 g/mol. The number of likely N-dealkylation sites (N-methyl/N-ethyl adjacent to an activating group) is 1. The Morgan fingerprint density at radius 3 is 2.16 bits per heavy atom. The fraction of sp³-hybridized carbons (Fsp3) is 0.750. The van der Waals surface area contributed by atoms with E-state index in [1.807, 2.05) is 6.92 Å². The van der Waals surface area contributed by atoms with Gasteiger partial charge in [-0.15, -0.1) is 0 Å². The van der Waals surface area contributed by atoms with Crippen molar-refractivity contribution in [1.29, 1.82) is 0 Å². The number of carboxylic acid groups (broad SMARTS) is 1. The predicted octanol–water partition coefficient (Wildman–Crippen LogP) is 0.391. The maximum Gasteiger partial charge on any atom is 0.329 e. The maximum absolute atomic E-state index is 12.3. The lowest BCUT2D eigenvalue weighted by Gasteiger charge is -2.35. The fourth-order valence-corrected chi connectivity index (χ4v) is 1.46. The number of amides is 3. The topological polar surface area (TPSA) is 113 Å². The first kappa shape index (κ1) is 17.2. The van der Waals surface area contributed by atoms with Gasteiger partial charge in [0, 0.05) is 7.05 Å². The second-order valence-corrected chi connectivity index (χ2v) is 5.13. The summed E-state index contributed by atoms with van der Waals surface area (Å²) in [5.41, 5.74) is 3.70. The van der Waals surface area contributed by atoms with Crippen LogP contribution in [0, 0.1) is 5.92 Å². The summed E-state index contributed by atoms with van der Waals surface area (Å²) in [5, 5.41) is 11.5. The number of hydrogen-bond donors (Lipinski definition) is 3. The second kappa shape index (κ2) is 6.40. The van der Waals surface area contributed by atoms with E-state index in [4.69, 9.17) is 10.8 Å². The average Bonchev–Trinajstić information content (AvgIpc) is 2.32. The Bertz CT molecular complexity index is 368. The van der Waals surface area contributed by atoms with E-state index in [0.717, 1.165) is 4.90 Å². The van der Waals surface area contributed by atoms with Crippen molar-refractivity contribution in [3.63, 3.8) is 0 Å². The van der Waals surface area contributed by atoms with Gasteiger partial charge in [0.05, 0.1) is 0 Å². The number of rotatable bonds is 6. The number of hydrogen-bond acceptors (Lipinski definition) is 3. The molecule has 4 N–H and O–H groups in total. The molecular formula is C12H23N3O4. The van der Waals surface area contributed by atoms with E-state index in [0.29, 0.717) is 6.42 Å². The summed E-state index contributed by atoms with van der Waals surface area (Å²) < 4.78 is 0. The van der Waals surface area contributed by atoms with Gasteiger partial charge in [0.1, 0.15) is 11.6 Å². The highest BCUT2D eigenvalue weighted by molar-refractivity contribution is 5.91. The van der Waals surface area contributed by atoms with Gasteiger partial charge >= 0.3 is 12.0 Å². The van der Waals surface area contributed by atoms with E-state index >= 15 is 0 Å². The van der Waals surface area contributed by atoms with Crippen molar-refractivity contribution < 1.29 is 19.5 Å². The highest BCUT2D eigenvalue weighted by Gasteiger charge is 2.39. The standard InChI is InChI=1S/C12H23N3O4/c1-6-7(2)8(14-11(13)19)9(16)15(5)12(3,4)10(17)18/h7-8H,6H2,1-5H3,(H,17,18)(H3,13,14,19). The fourth-order valence-electron chi connectivity index (χ4n) is 1.46. The van der Waals surface area contributed by atoms with E-state index in [9.17, 15) is 14.4 Å². The van der Waals surface area contributed by atoms with Crippen LogP contribution in [-0.4, -0.2) is 46.5 Å². The number of nitrogens with one attached hydrogen (secondary N) is 1. The third-order valence-electron chi connectivity index (χ3n) is 3.47. The zero-order chi connectivity index (χ0) is 15.4. The summed E-state index contributed by atoms with van der Waals surface area (Å²) in [7, 11) is 1.40. The molecule has 0 saturated heterocycles. The Kier molecular flexibility index (Phi) is 5.80. The van der Waals surface area contributed by atoms with Gasteiger partial charge in [-0.3, -0.25) is 4.79 Å². The molecule has 7 heteroatoms. The van der Waals surface area contributed by atoms with Crippen molar-refractivity contribution in [2.75, 3.05) is 7.05 Å². The number of primary amides is 1. The Morgan fingerprint density at radius 2 is 1.84 bits per heavy atom. The van der Waals surface area contributed by atoms with Crippen molar-refractivity contribution in [2.45, 2.75) is 45.7 Å². The van der Waals surface area contributed by atoms with Crippen molar-refractivity contribution in [3.8, 4) is 0 Å². The normalized spacial score (nSPS) is 14.4. The molecule has 3 amide bonds. The van der Waals surface area contributed by atoms with Crippen molar-refractivity contribution in [1.82, 2.24) is 10.2 Å². The van der Waals surface area contributed by atoms with Gasteiger partial charge in [0.15, 0.2) is 0 Å². The summed E-state index contributed by atoms with van der Waals surface area (Å²) in [5.74, 6) is -1.74. The van der Waals surface area contributed by atoms with Crippen LogP contribution in [0.15, 0.2) is 0 Å². The molecule has 0 spiro atoms. The molecule has 0 aromatic carbocycles. The number of carbonyl (C=O) groups is 3. The van der Waals surface area contributed by atoms with Gasteiger partial charge < -0.3 is 21.1 Å². The summed E-state index contributed by atoms with van der Waals surface area (Å²) in [6.45, 7) is 6.51. The molecule has 0 saturated carbocycles. The lowest BCUT2D eigenvalue weighted by Crippen LogP contribution is -2.59. The van der Waals surface area contributed by atoms with Gasteiger partial charge in [-0.25, -0.2) is 9.59 Å². The molecule has 0 rings (SSSR count). The van der Waals surface area contributed by atoms with E-state index in [1.165, 1.54) is 20.9 Å². The quantitative estimate of drug-likeness (QED) is 0.649. The number of nitrogens with zero attached hydrogens (tertiary/aromatic N) is 1. The second-order valence-electron chi connectivity index (χ2n) is 5.13. The van der Waals surface area contributed by atoms with Gasteiger partial charge in [0.25, 0.3) is 0 Å². The summed E-state index contributed by atoms with van der Waals surface area (Å²) >= 11 is 0. The first-order chi connectivity index (χ1) is 8.55. The number of carbonyl (C=O) groups excluding carboxylic acids is 2. The van der Waals surface area contributed by atoms with Crippen LogP contribution in [-0.2, 0) is 9.59 Å². The van der Waals surface area contributed by atoms with Crippen molar-refractivity contribution >= 4 is 17.9 Å². The molecule has 0 aliphatic rings. The average molecular weight is 273 g/mol. The minimum Gasteiger partial charge on any atom is -0.480 e. The van der Waals surface area contributed by atoms with E-state index in [1.54, 1.807) is 6.92 Å². The highest BCUT2D eigenvalue weighted by atomic mass is 16.4. The molecule has 110 valence electrons. The summed E-state index contributed by atoms with van der Waals surface area (Å²) in [4.78, 5) is 35.5. The molecule has 2 unspecified atom stereocenters. The van der Waals surface area contributed by atoms with Gasteiger partial charge in [-0.1, -0.05) is 20.3 Å². The number of aliphatic carboxylic acids is 1. The lowest BCUT2D eigenvalue weighted by atomic mass is 9.95. The molecule has 0 aliphatic heterocycles. The van der Waals surface area contributed by atoms with Crippen LogP contribution in [0.1, 0.15) is 34.1 Å². The number of nitrogens with two attached hydrogens (primary N) is 1. The zero-order valence-corrected chi connectivity index (χ0v) is 12.1. The predicted molar refractivity (Wildman–Crippen MR) is 70.4 cm³/mol. The third kappa shape index (κ3) is 4.11. The SMILES string of the molecule is CCC(C)C(NC(N)=O)C(=O)N(C)C(C)(C)C(=O)O. The van der Waals surface area contributed by atoms with Crippen molar-refractivity contribution in [3.05, 3.63) is 0 Å². The van der Waals surface area contributed by atoms with E-state index in [2.05, 4.69) is 5.32 Å². The molecule has 7 nitrogen and oxygen atoms in total. The molecule has 0 aromatic heterocycles. The molecule has 19 heavy (non-hydrogen) atoms. The molecule has 0 bridgehead atoms. The van der Waals surface area contributed by atoms with Crippen LogP contribution >= 0.6 is 0 Å². The van der Waals surface area contributed by atoms with Gasteiger partial charge in [-0.05, 0) is 19.8 Å².